The standard InChI is InChI=1S/C9H12ClF3N2O/c10-8-4-3-7(16-8)6(15-14)2-1-5-9(11,12)13/h3-4,6,15H,1-2,5,14H2. The second-order valence-electron chi connectivity index (χ2n) is 3.37. The molecule has 0 fully saturated rings. The summed E-state index contributed by atoms with van der Waals surface area (Å²) in [6, 6.07) is 2.65. The number of halogens is 4. The van der Waals surface area contributed by atoms with Crippen molar-refractivity contribution >= 4 is 11.6 Å². The molecule has 1 rings (SSSR count). The van der Waals surface area contributed by atoms with E-state index in [1.54, 1.807) is 6.07 Å². The molecule has 0 aliphatic heterocycles. The van der Waals surface area contributed by atoms with E-state index in [-0.39, 0.29) is 18.1 Å². The molecule has 0 saturated heterocycles. The maximum Gasteiger partial charge on any atom is 0.389 e. The maximum absolute atomic E-state index is 11.9. The number of hydrogen-bond acceptors (Lipinski definition) is 3. The van der Waals surface area contributed by atoms with Gasteiger partial charge in [-0.25, -0.2) is 5.43 Å². The fraction of sp³-hybridized carbons (Fsp3) is 0.556. The van der Waals surface area contributed by atoms with Gasteiger partial charge in [-0.15, -0.1) is 0 Å². The molecule has 0 saturated carbocycles. The lowest BCUT2D eigenvalue weighted by atomic mass is 10.1. The quantitative estimate of drug-likeness (QED) is 0.628. The van der Waals surface area contributed by atoms with Gasteiger partial charge in [-0.05, 0) is 36.6 Å². The first kappa shape index (κ1) is 13.3. The van der Waals surface area contributed by atoms with E-state index in [1.807, 2.05) is 0 Å². The Balaban J connectivity index is 2.44. The van der Waals surface area contributed by atoms with Gasteiger partial charge in [0.2, 0.25) is 0 Å². The Kier molecular flexibility index (Phi) is 4.64. The van der Waals surface area contributed by atoms with Gasteiger partial charge >= 0.3 is 6.18 Å². The first-order valence-electron chi connectivity index (χ1n) is 4.70. The average molecular weight is 257 g/mol. The summed E-state index contributed by atoms with van der Waals surface area (Å²) in [4.78, 5) is 0. The molecule has 0 bridgehead atoms. The van der Waals surface area contributed by atoms with Crippen LogP contribution in [-0.4, -0.2) is 6.18 Å². The molecule has 92 valence electrons. The molecule has 7 heteroatoms. The third kappa shape index (κ3) is 4.42. The van der Waals surface area contributed by atoms with Crippen molar-refractivity contribution in [3.63, 3.8) is 0 Å². The van der Waals surface area contributed by atoms with Crippen LogP contribution in [0.2, 0.25) is 5.22 Å². The number of rotatable bonds is 5. The van der Waals surface area contributed by atoms with Crippen LogP contribution in [0, 0.1) is 0 Å². The molecule has 1 aromatic heterocycles. The van der Waals surface area contributed by atoms with Gasteiger partial charge in [0.15, 0.2) is 5.22 Å². The van der Waals surface area contributed by atoms with E-state index in [1.165, 1.54) is 6.07 Å². The van der Waals surface area contributed by atoms with Crippen molar-refractivity contribution in [2.45, 2.75) is 31.5 Å². The predicted octanol–water partition coefficient (Wildman–Crippen LogP) is 3.17. The fourth-order valence-corrected chi connectivity index (χ4v) is 1.48. The van der Waals surface area contributed by atoms with Crippen LogP contribution in [0.4, 0.5) is 13.2 Å². The monoisotopic (exact) mass is 256 g/mol. The van der Waals surface area contributed by atoms with Gasteiger partial charge < -0.3 is 4.42 Å². The summed E-state index contributed by atoms with van der Waals surface area (Å²) in [5.74, 6) is 5.67. The summed E-state index contributed by atoms with van der Waals surface area (Å²) in [6.07, 6.45) is -4.75. The highest BCUT2D eigenvalue weighted by Gasteiger charge is 2.27. The van der Waals surface area contributed by atoms with Crippen LogP contribution in [0.1, 0.15) is 31.1 Å². The van der Waals surface area contributed by atoms with E-state index in [0.29, 0.717) is 5.76 Å². The van der Waals surface area contributed by atoms with Crippen molar-refractivity contribution in [2.75, 3.05) is 0 Å². The molecule has 1 atom stereocenters. The Labute approximate surface area is 95.7 Å². The fourth-order valence-electron chi connectivity index (χ4n) is 1.33. The molecule has 3 N–H and O–H groups in total. The van der Waals surface area contributed by atoms with E-state index in [2.05, 4.69) is 5.43 Å². The van der Waals surface area contributed by atoms with Gasteiger partial charge in [-0.1, -0.05) is 0 Å². The summed E-state index contributed by atoms with van der Waals surface area (Å²) in [5.41, 5.74) is 2.40. The van der Waals surface area contributed by atoms with Crippen LogP contribution >= 0.6 is 11.6 Å². The van der Waals surface area contributed by atoms with Gasteiger partial charge in [0, 0.05) is 6.42 Å². The zero-order valence-electron chi connectivity index (χ0n) is 8.35. The van der Waals surface area contributed by atoms with Crippen LogP contribution in [0.5, 0.6) is 0 Å². The summed E-state index contributed by atoms with van der Waals surface area (Å²) in [7, 11) is 0. The van der Waals surface area contributed by atoms with Crippen LogP contribution < -0.4 is 11.3 Å². The molecule has 0 aliphatic rings. The van der Waals surface area contributed by atoms with Crippen molar-refractivity contribution < 1.29 is 17.6 Å². The van der Waals surface area contributed by atoms with Crippen molar-refractivity contribution in [3.05, 3.63) is 23.1 Å². The Morgan fingerprint density at radius 3 is 2.56 bits per heavy atom. The lowest BCUT2D eigenvalue weighted by Gasteiger charge is -2.13. The van der Waals surface area contributed by atoms with E-state index in [4.69, 9.17) is 21.9 Å². The first-order valence-corrected chi connectivity index (χ1v) is 5.08. The van der Waals surface area contributed by atoms with E-state index < -0.39 is 18.6 Å². The molecule has 0 aliphatic carbocycles. The molecule has 16 heavy (non-hydrogen) atoms. The number of hydrogen-bond donors (Lipinski definition) is 2. The molecular formula is C9H12ClF3N2O. The van der Waals surface area contributed by atoms with Crippen molar-refractivity contribution in [2.24, 2.45) is 5.84 Å². The van der Waals surface area contributed by atoms with Gasteiger partial charge in [0.05, 0.1) is 6.04 Å². The maximum atomic E-state index is 11.9. The molecular weight excluding hydrogens is 245 g/mol. The number of furan rings is 1. The molecule has 1 aromatic rings. The molecule has 3 nitrogen and oxygen atoms in total. The second kappa shape index (κ2) is 5.56. The Hall–Kier alpha value is -0.720. The van der Waals surface area contributed by atoms with Gasteiger partial charge in [-0.2, -0.15) is 13.2 Å². The SMILES string of the molecule is NNC(CCCC(F)(F)F)c1ccc(Cl)o1. The number of hydrazine groups is 1. The highest BCUT2D eigenvalue weighted by molar-refractivity contribution is 6.28. The molecule has 0 aromatic carbocycles. The minimum atomic E-state index is -4.14. The smallest absolute Gasteiger partial charge is 0.389 e. The summed E-state index contributed by atoms with van der Waals surface area (Å²) >= 11 is 5.55. The van der Waals surface area contributed by atoms with Gasteiger partial charge in [-0.3, -0.25) is 5.84 Å². The molecule has 0 spiro atoms. The molecule has 0 radical (unpaired) electrons. The summed E-state index contributed by atoms with van der Waals surface area (Å²) < 4.78 is 40.8. The van der Waals surface area contributed by atoms with Crippen LogP contribution in [-0.2, 0) is 0 Å². The third-order valence-corrected chi connectivity index (χ3v) is 2.29. The zero-order chi connectivity index (χ0) is 12.2. The Morgan fingerprint density at radius 2 is 2.12 bits per heavy atom. The predicted molar refractivity (Wildman–Crippen MR) is 53.7 cm³/mol. The first-order chi connectivity index (χ1) is 7.42. The van der Waals surface area contributed by atoms with Crippen LogP contribution in [0.15, 0.2) is 16.5 Å². The number of alkyl halides is 3. The third-order valence-electron chi connectivity index (χ3n) is 2.09. The normalized spacial score (nSPS) is 14.1. The van der Waals surface area contributed by atoms with Gasteiger partial charge in [0.1, 0.15) is 5.76 Å². The highest BCUT2D eigenvalue weighted by Crippen LogP contribution is 2.27. The van der Waals surface area contributed by atoms with Gasteiger partial charge in [0.25, 0.3) is 0 Å². The number of nitrogens with two attached hydrogens (primary N) is 1. The van der Waals surface area contributed by atoms with Crippen molar-refractivity contribution in [1.82, 2.24) is 5.43 Å². The van der Waals surface area contributed by atoms with Crippen molar-refractivity contribution in [1.29, 1.82) is 0 Å². The largest absolute Gasteiger partial charge is 0.448 e. The minimum Gasteiger partial charge on any atom is -0.448 e. The van der Waals surface area contributed by atoms with Crippen LogP contribution in [0.3, 0.4) is 0 Å². The lowest BCUT2D eigenvalue weighted by molar-refractivity contribution is -0.135. The zero-order valence-corrected chi connectivity index (χ0v) is 9.11. The number of nitrogens with one attached hydrogen (secondary N) is 1. The second-order valence-corrected chi connectivity index (χ2v) is 3.74. The Bertz CT molecular complexity index is 327. The molecule has 1 heterocycles. The Morgan fingerprint density at radius 1 is 1.44 bits per heavy atom. The molecule has 1 unspecified atom stereocenters. The minimum absolute atomic E-state index is 0.0172. The van der Waals surface area contributed by atoms with E-state index in [0.717, 1.165) is 0 Å². The average Bonchev–Trinajstić information content (AvgIpc) is 2.58. The van der Waals surface area contributed by atoms with E-state index >= 15 is 0 Å². The van der Waals surface area contributed by atoms with Crippen molar-refractivity contribution in [3.8, 4) is 0 Å². The van der Waals surface area contributed by atoms with E-state index in [9.17, 15) is 13.2 Å². The summed E-state index contributed by atoms with van der Waals surface area (Å²) in [6.45, 7) is 0. The molecule has 0 amide bonds. The lowest BCUT2D eigenvalue weighted by Crippen LogP contribution is -2.28. The topological polar surface area (TPSA) is 51.2 Å². The highest BCUT2D eigenvalue weighted by atomic mass is 35.5. The summed E-state index contributed by atoms with van der Waals surface area (Å²) in [5, 5.41) is 0.186. The van der Waals surface area contributed by atoms with Crippen LogP contribution in [0.25, 0.3) is 0 Å².